The van der Waals surface area contributed by atoms with Gasteiger partial charge in [0.25, 0.3) is 0 Å². The van der Waals surface area contributed by atoms with Gasteiger partial charge in [-0.15, -0.1) is 11.6 Å². The molecule has 3 heteroatoms. The minimum Gasteiger partial charge on any atom is -0.483 e. The Bertz CT molecular complexity index is 427. The van der Waals surface area contributed by atoms with E-state index in [1.54, 1.807) is 0 Å². The average molecular weight is 235 g/mol. The van der Waals surface area contributed by atoms with Crippen LogP contribution in [0.25, 0.3) is 0 Å². The molecule has 0 saturated heterocycles. The van der Waals surface area contributed by atoms with Gasteiger partial charge in [0.05, 0.1) is 0 Å². The Labute approximate surface area is 99.9 Å². The monoisotopic (exact) mass is 234 g/mol. The zero-order valence-corrected chi connectivity index (χ0v) is 9.58. The minimum atomic E-state index is 0.485. The number of nitrogens with one attached hydrogen (secondary N) is 1. The SMILES string of the molecule is ClCc1ccc(OCc2ccccc2)c[nH+]1. The number of alkyl halides is 1. The second-order valence-electron chi connectivity index (χ2n) is 3.46. The van der Waals surface area contributed by atoms with Crippen molar-refractivity contribution in [1.29, 1.82) is 0 Å². The molecule has 0 aliphatic rings. The van der Waals surface area contributed by atoms with E-state index in [0.29, 0.717) is 12.5 Å². The van der Waals surface area contributed by atoms with Crippen molar-refractivity contribution in [2.75, 3.05) is 0 Å². The lowest BCUT2D eigenvalue weighted by Gasteiger charge is -2.03. The number of hydrogen-bond donors (Lipinski definition) is 0. The zero-order valence-electron chi connectivity index (χ0n) is 8.82. The fraction of sp³-hybridized carbons (Fsp3) is 0.154. The lowest BCUT2D eigenvalue weighted by Crippen LogP contribution is -2.09. The van der Waals surface area contributed by atoms with Crippen molar-refractivity contribution in [2.45, 2.75) is 12.5 Å². The molecule has 2 aromatic rings. The first kappa shape index (κ1) is 11.0. The van der Waals surface area contributed by atoms with Crippen molar-refractivity contribution >= 4 is 11.6 Å². The molecular weight excluding hydrogens is 222 g/mol. The number of H-pyrrole nitrogens is 1. The van der Waals surface area contributed by atoms with Crippen molar-refractivity contribution in [3.63, 3.8) is 0 Å². The summed E-state index contributed by atoms with van der Waals surface area (Å²) in [5.41, 5.74) is 2.14. The Morgan fingerprint density at radius 3 is 2.50 bits per heavy atom. The van der Waals surface area contributed by atoms with Gasteiger partial charge < -0.3 is 4.74 Å². The van der Waals surface area contributed by atoms with Gasteiger partial charge in [0.1, 0.15) is 12.5 Å². The predicted molar refractivity (Wildman–Crippen MR) is 63.3 cm³/mol. The summed E-state index contributed by atoms with van der Waals surface area (Å²) >= 11 is 5.68. The normalized spacial score (nSPS) is 10.1. The van der Waals surface area contributed by atoms with Crippen LogP contribution in [0.3, 0.4) is 0 Å². The Morgan fingerprint density at radius 2 is 1.88 bits per heavy atom. The van der Waals surface area contributed by atoms with Crippen LogP contribution in [-0.2, 0) is 12.5 Å². The van der Waals surface area contributed by atoms with Gasteiger partial charge >= 0.3 is 0 Å². The van der Waals surface area contributed by atoms with Gasteiger partial charge in [-0.2, -0.15) is 0 Å². The first-order valence-electron chi connectivity index (χ1n) is 5.12. The lowest BCUT2D eigenvalue weighted by atomic mass is 10.2. The number of hydrogen-bond acceptors (Lipinski definition) is 1. The molecule has 1 N–H and O–H groups in total. The van der Waals surface area contributed by atoms with Crippen LogP contribution in [0.5, 0.6) is 5.75 Å². The van der Waals surface area contributed by atoms with E-state index in [0.717, 1.165) is 17.0 Å². The molecule has 0 aliphatic carbocycles. The molecule has 0 unspecified atom stereocenters. The maximum absolute atomic E-state index is 5.68. The number of aromatic nitrogens is 1. The molecule has 0 radical (unpaired) electrons. The topological polar surface area (TPSA) is 23.4 Å². The summed E-state index contributed by atoms with van der Waals surface area (Å²) in [5, 5.41) is 0. The Kier molecular flexibility index (Phi) is 3.78. The third kappa shape index (κ3) is 2.97. The summed E-state index contributed by atoms with van der Waals surface area (Å²) in [7, 11) is 0. The Hall–Kier alpha value is -1.54. The highest BCUT2D eigenvalue weighted by Gasteiger charge is 2.01. The van der Waals surface area contributed by atoms with E-state index < -0.39 is 0 Å². The summed E-state index contributed by atoms with van der Waals surface area (Å²) < 4.78 is 5.62. The molecular formula is C13H13ClNO+. The standard InChI is InChI=1S/C13H12ClNO/c14-8-12-6-7-13(9-15-12)16-10-11-4-2-1-3-5-11/h1-7,9H,8,10H2/p+1. The van der Waals surface area contributed by atoms with Crippen LogP contribution in [0.2, 0.25) is 0 Å². The molecule has 0 atom stereocenters. The fourth-order valence-electron chi connectivity index (χ4n) is 1.36. The van der Waals surface area contributed by atoms with E-state index in [-0.39, 0.29) is 0 Å². The maximum atomic E-state index is 5.68. The number of benzene rings is 1. The van der Waals surface area contributed by atoms with Crippen molar-refractivity contribution in [2.24, 2.45) is 0 Å². The van der Waals surface area contributed by atoms with Crippen LogP contribution in [0, 0.1) is 0 Å². The molecule has 82 valence electrons. The zero-order chi connectivity index (χ0) is 11.2. The molecule has 0 amide bonds. The second kappa shape index (κ2) is 5.52. The van der Waals surface area contributed by atoms with E-state index in [2.05, 4.69) is 4.98 Å². The van der Waals surface area contributed by atoms with E-state index in [1.807, 2.05) is 48.7 Å². The molecule has 2 nitrogen and oxygen atoms in total. The smallest absolute Gasteiger partial charge is 0.209 e. The van der Waals surface area contributed by atoms with Crippen LogP contribution >= 0.6 is 11.6 Å². The summed E-state index contributed by atoms with van der Waals surface area (Å²) in [6.07, 6.45) is 1.82. The fourth-order valence-corrected chi connectivity index (χ4v) is 1.52. The maximum Gasteiger partial charge on any atom is 0.209 e. The molecule has 1 heterocycles. The summed E-state index contributed by atoms with van der Waals surface area (Å²) in [5.74, 6) is 1.30. The first-order chi connectivity index (χ1) is 7.88. The number of halogens is 1. The van der Waals surface area contributed by atoms with Crippen LogP contribution < -0.4 is 9.72 Å². The highest BCUT2D eigenvalue weighted by Crippen LogP contribution is 2.10. The van der Waals surface area contributed by atoms with Crippen molar-refractivity contribution in [3.8, 4) is 5.75 Å². The largest absolute Gasteiger partial charge is 0.483 e. The predicted octanol–water partition coefficient (Wildman–Crippen LogP) is 2.82. The molecule has 0 spiro atoms. The Balaban J connectivity index is 1.94. The third-order valence-corrected chi connectivity index (χ3v) is 2.53. The van der Waals surface area contributed by atoms with Gasteiger partial charge in [-0.05, 0) is 11.6 Å². The molecule has 0 bridgehead atoms. The van der Waals surface area contributed by atoms with Gasteiger partial charge in [-0.25, -0.2) is 4.98 Å². The van der Waals surface area contributed by atoms with E-state index in [9.17, 15) is 0 Å². The average Bonchev–Trinajstić information content (AvgIpc) is 2.38. The number of aromatic amines is 1. The van der Waals surface area contributed by atoms with Gasteiger partial charge in [0.15, 0.2) is 11.4 Å². The van der Waals surface area contributed by atoms with Crippen LogP contribution in [0.1, 0.15) is 11.3 Å². The van der Waals surface area contributed by atoms with Crippen molar-refractivity contribution in [3.05, 3.63) is 59.9 Å². The molecule has 1 aromatic heterocycles. The minimum absolute atomic E-state index is 0.485. The van der Waals surface area contributed by atoms with E-state index in [4.69, 9.17) is 16.3 Å². The summed E-state index contributed by atoms with van der Waals surface area (Å²) in [6.45, 7) is 0.578. The van der Waals surface area contributed by atoms with Crippen LogP contribution in [0.15, 0.2) is 48.7 Å². The molecule has 0 aliphatic heterocycles. The number of ether oxygens (including phenoxy) is 1. The number of pyridine rings is 1. The third-order valence-electron chi connectivity index (χ3n) is 2.24. The Morgan fingerprint density at radius 1 is 1.06 bits per heavy atom. The second-order valence-corrected chi connectivity index (χ2v) is 3.72. The molecule has 0 saturated carbocycles. The molecule has 16 heavy (non-hydrogen) atoms. The quantitative estimate of drug-likeness (QED) is 0.747. The molecule has 0 fully saturated rings. The van der Waals surface area contributed by atoms with E-state index >= 15 is 0 Å². The number of rotatable bonds is 4. The van der Waals surface area contributed by atoms with Gasteiger partial charge in [-0.1, -0.05) is 30.3 Å². The summed E-state index contributed by atoms with van der Waals surface area (Å²) in [6, 6.07) is 13.9. The van der Waals surface area contributed by atoms with Crippen molar-refractivity contribution in [1.82, 2.24) is 0 Å². The van der Waals surface area contributed by atoms with Gasteiger partial charge in [-0.3, -0.25) is 0 Å². The summed E-state index contributed by atoms with van der Waals surface area (Å²) in [4.78, 5) is 3.07. The van der Waals surface area contributed by atoms with Gasteiger partial charge in [0.2, 0.25) is 6.20 Å². The molecule has 2 rings (SSSR count). The first-order valence-corrected chi connectivity index (χ1v) is 5.65. The van der Waals surface area contributed by atoms with Crippen LogP contribution in [0.4, 0.5) is 0 Å². The van der Waals surface area contributed by atoms with E-state index in [1.165, 1.54) is 0 Å². The molecule has 1 aromatic carbocycles. The highest BCUT2D eigenvalue weighted by atomic mass is 35.5. The lowest BCUT2D eigenvalue weighted by molar-refractivity contribution is -0.389. The van der Waals surface area contributed by atoms with Crippen LogP contribution in [-0.4, -0.2) is 0 Å². The van der Waals surface area contributed by atoms with Gasteiger partial charge in [0, 0.05) is 6.07 Å². The van der Waals surface area contributed by atoms with Crippen molar-refractivity contribution < 1.29 is 9.72 Å². The highest BCUT2D eigenvalue weighted by molar-refractivity contribution is 6.16.